The molecule has 0 saturated carbocycles. The fourth-order valence-corrected chi connectivity index (χ4v) is 2.22. The first kappa shape index (κ1) is 19.5. The van der Waals surface area contributed by atoms with E-state index in [9.17, 15) is 9.59 Å². The second kappa shape index (κ2) is 8.52. The van der Waals surface area contributed by atoms with Crippen molar-refractivity contribution in [3.8, 4) is 5.75 Å². The molecule has 2 aromatic rings. The molecule has 0 saturated heterocycles. The number of aryl methyl sites for hydroxylation is 1. The quantitative estimate of drug-likeness (QED) is 0.799. The van der Waals surface area contributed by atoms with Gasteiger partial charge in [-0.2, -0.15) is 0 Å². The Morgan fingerprint density at radius 3 is 2.12 bits per heavy atom. The second-order valence-corrected chi connectivity index (χ2v) is 7.14. The number of esters is 1. The minimum Gasteiger partial charge on any atom is -0.482 e. The minimum absolute atomic E-state index is 0.0578. The first-order valence-electron chi connectivity index (χ1n) is 8.49. The third-order valence-electron chi connectivity index (χ3n) is 3.78. The van der Waals surface area contributed by atoms with Crippen LogP contribution >= 0.6 is 0 Å². The van der Waals surface area contributed by atoms with Gasteiger partial charge >= 0.3 is 5.97 Å². The largest absolute Gasteiger partial charge is 0.482 e. The molecule has 0 spiro atoms. The molecular formula is C21H25NO4. The summed E-state index contributed by atoms with van der Waals surface area (Å²) in [6.07, 6.45) is 0. The van der Waals surface area contributed by atoms with Gasteiger partial charge in [0.05, 0.1) is 0 Å². The number of hydrogen-bond acceptors (Lipinski definition) is 4. The molecular weight excluding hydrogens is 330 g/mol. The molecule has 0 fully saturated rings. The molecule has 26 heavy (non-hydrogen) atoms. The van der Waals surface area contributed by atoms with Gasteiger partial charge in [0, 0.05) is 5.69 Å². The average Bonchev–Trinajstić information content (AvgIpc) is 2.60. The van der Waals surface area contributed by atoms with Crippen molar-refractivity contribution in [2.24, 2.45) is 0 Å². The van der Waals surface area contributed by atoms with E-state index in [4.69, 9.17) is 9.47 Å². The number of benzene rings is 2. The number of carbonyl (C=O) groups is 2. The Hall–Kier alpha value is -2.82. The van der Waals surface area contributed by atoms with E-state index in [2.05, 4.69) is 26.1 Å². The third kappa shape index (κ3) is 6.24. The number of ether oxygens (including phenoxy) is 2. The molecule has 0 atom stereocenters. The van der Waals surface area contributed by atoms with Crippen LogP contribution in [0.2, 0.25) is 0 Å². The van der Waals surface area contributed by atoms with Crippen molar-refractivity contribution in [3.63, 3.8) is 0 Å². The van der Waals surface area contributed by atoms with Crippen LogP contribution in [0.15, 0.2) is 48.5 Å². The zero-order valence-corrected chi connectivity index (χ0v) is 15.7. The van der Waals surface area contributed by atoms with Crippen molar-refractivity contribution < 1.29 is 19.1 Å². The van der Waals surface area contributed by atoms with Gasteiger partial charge < -0.3 is 14.8 Å². The van der Waals surface area contributed by atoms with E-state index >= 15 is 0 Å². The zero-order valence-electron chi connectivity index (χ0n) is 15.7. The van der Waals surface area contributed by atoms with Crippen molar-refractivity contribution >= 4 is 17.6 Å². The van der Waals surface area contributed by atoms with Crippen molar-refractivity contribution in [1.82, 2.24) is 0 Å². The van der Waals surface area contributed by atoms with Gasteiger partial charge in [-0.1, -0.05) is 50.6 Å². The summed E-state index contributed by atoms with van der Waals surface area (Å²) in [5.41, 5.74) is 3.00. The van der Waals surface area contributed by atoms with Crippen LogP contribution in [0.1, 0.15) is 31.9 Å². The maximum absolute atomic E-state index is 11.8. The van der Waals surface area contributed by atoms with Gasteiger partial charge in [0.1, 0.15) is 5.75 Å². The Kier molecular flexibility index (Phi) is 6.39. The maximum atomic E-state index is 11.8. The molecule has 2 rings (SSSR count). The summed E-state index contributed by atoms with van der Waals surface area (Å²) >= 11 is 0. The minimum atomic E-state index is -0.594. The molecule has 2 aromatic carbocycles. The van der Waals surface area contributed by atoms with Crippen molar-refractivity contribution in [2.75, 3.05) is 18.5 Å². The lowest BCUT2D eigenvalue weighted by Crippen LogP contribution is -2.23. The molecule has 0 aliphatic rings. The maximum Gasteiger partial charge on any atom is 0.344 e. The lowest BCUT2D eigenvalue weighted by atomic mass is 9.87. The van der Waals surface area contributed by atoms with Crippen molar-refractivity contribution in [2.45, 2.75) is 33.1 Å². The number of rotatable bonds is 6. The van der Waals surface area contributed by atoms with Crippen LogP contribution in [0.4, 0.5) is 5.69 Å². The van der Waals surface area contributed by atoms with Gasteiger partial charge in [-0.3, -0.25) is 4.79 Å². The van der Waals surface area contributed by atoms with Crippen molar-refractivity contribution in [1.29, 1.82) is 0 Å². The molecule has 0 heterocycles. The first-order valence-corrected chi connectivity index (χ1v) is 8.49. The molecule has 0 bridgehead atoms. The summed E-state index contributed by atoms with van der Waals surface area (Å²) < 4.78 is 10.3. The monoisotopic (exact) mass is 355 g/mol. The third-order valence-corrected chi connectivity index (χ3v) is 3.78. The van der Waals surface area contributed by atoms with Crippen LogP contribution < -0.4 is 10.1 Å². The Morgan fingerprint density at radius 2 is 1.54 bits per heavy atom. The molecule has 0 aromatic heterocycles. The Labute approximate surface area is 154 Å². The molecule has 0 radical (unpaired) electrons. The summed E-state index contributed by atoms with van der Waals surface area (Å²) in [6, 6.07) is 14.9. The highest BCUT2D eigenvalue weighted by Gasteiger charge is 2.13. The van der Waals surface area contributed by atoms with Gasteiger partial charge in [0.25, 0.3) is 5.91 Å². The van der Waals surface area contributed by atoms with Gasteiger partial charge in [-0.05, 0) is 42.2 Å². The van der Waals surface area contributed by atoms with E-state index in [1.807, 2.05) is 43.3 Å². The Balaban J connectivity index is 1.73. The highest BCUT2D eigenvalue weighted by atomic mass is 16.6. The summed E-state index contributed by atoms with van der Waals surface area (Å²) in [4.78, 5) is 23.5. The summed E-state index contributed by atoms with van der Waals surface area (Å²) in [6.45, 7) is 7.75. The average molecular weight is 355 g/mol. The van der Waals surface area contributed by atoms with Crippen molar-refractivity contribution in [3.05, 3.63) is 59.7 Å². The standard InChI is InChI=1S/C21H25NO4/c1-15-5-9-17(10-6-15)22-19(23)13-26-20(24)14-25-18-11-7-16(8-12-18)21(2,3)4/h5-12H,13-14H2,1-4H3,(H,22,23). The van der Waals surface area contributed by atoms with E-state index in [1.54, 1.807) is 12.1 Å². The number of nitrogens with one attached hydrogen (secondary N) is 1. The molecule has 138 valence electrons. The van der Waals surface area contributed by atoms with Crippen LogP contribution in [-0.4, -0.2) is 25.1 Å². The predicted octanol–water partition coefficient (Wildman–Crippen LogP) is 3.85. The Morgan fingerprint density at radius 1 is 0.923 bits per heavy atom. The summed E-state index contributed by atoms with van der Waals surface area (Å²) in [5, 5.41) is 2.66. The highest BCUT2D eigenvalue weighted by molar-refractivity contribution is 5.92. The Bertz CT molecular complexity index is 743. The molecule has 0 unspecified atom stereocenters. The van der Waals surface area contributed by atoms with E-state index in [0.717, 1.165) is 5.56 Å². The molecule has 5 heteroatoms. The predicted molar refractivity (Wildman–Crippen MR) is 101 cm³/mol. The fraction of sp³-hybridized carbons (Fsp3) is 0.333. The molecule has 0 aliphatic carbocycles. The zero-order chi connectivity index (χ0) is 19.2. The smallest absolute Gasteiger partial charge is 0.344 e. The number of carbonyl (C=O) groups excluding carboxylic acids is 2. The fourth-order valence-electron chi connectivity index (χ4n) is 2.22. The lowest BCUT2D eigenvalue weighted by molar-refractivity contribution is -0.149. The number of amides is 1. The summed E-state index contributed by atoms with van der Waals surface area (Å²) in [5.74, 6) is -0.403. The molecule has 1 N–H and O–H groups in total. The molecule has 5 nitrogen and oxygen atoms in total. The topological polar surface area (TPSA) is 64.6 Å². The van der Waals surface area contributed by atoms with Crippen LogP contribution in [0, 0.1) is 6.92 Å². The number of anilines is 1. The van der Waals surface area contributed by atoms with E-state index in [0.29, 0.717) is 11.4 Å². The van der Waals surface area contributed by atoms with E-state index in [1.165, 1.54) is 5.56 Å². The normalized spacial score (nSPS) is 10.9. The van der Waals surface area contributed by atoms with Crippen LogP contribution in [0.3, 0.4) is 0 Å². The number of hydrogen-bond donors (Lipinski definition) is 1. The molecule has 1 amide bonds. The molecule has 0 aliphatic heterocycles. The van der Waals surface area contributed by atoms with E-state index in [-0.39, 0.29) is 18.6 Å². The first-order chi connectivity index (χ1) is 12.2. The highest BCUT2D eigenvalue weighted by Crippen LogP contribution is 2.24. The second-order valence-electron chi connectivity index (χ2n) is 7.14. The van der Waals surface area contributed by atoms with Gasteiger partial charge in [-0.25, -0.2) is 4.79 Å². The van der Waals surface area contributed by atoms with E-state index < -0.39 is 11.9 Å². The van der Waals surface area contributed by atoms with Crippen LogP contribution in [0.5, 0.6) is 5.75 Å². The van der Waals surface area contributed by atoms with Gasteiger partial charge in [0.15, 0.2) is 13.2 Å². The van der Waals surface area contributed by atoms with Gasteiger partial charge in [0.2, 0.25) is 0 Å². The summed E-state index contributed by atoms with van der Waals surface area (Å²) in [7, 11) is 0. The van der Waals surface area contributed by atoms with Crippen LogP contribution in [0.25, 0.3) is 0 Å². The lowest BCUT2D eigenvalue weighted by Gasteiger charge is -2.19. The van der Waals surface area contributed by atoms with Gasteiger partial charge in [-0.15, -0.1) is 0 Å². The SMILES string of the molecule is Cc1ccc(NC(=O)COC(=O)COc2ccc(C(C)(C)C)cc2)cc1. The van der Waals surface area contributed by atoms with Crippen LogP contribution in [-0.2, 0) is 19.7 Å².